The highest BCUT2D eigenvalue weighted by atomic mass is 16.5. The van der Waals surface area contributed by atoms with Gasteiger partial charge in [0.15, 0.2) is 17.6 Å². The molecule has 7 heteroatoms. The molecule has 0 saturated carbocycles. The largest absolute Gasteiger partial charge is 0.493 e. The Hall–Kier alpha value is -3.22. The van der Waals surface area contributed by atoms with Crippen LogP contribution in [0.25, 0.3) is 0 Å². The molecule has 1 aliphatic heterocycles. The Morgan fingerprint density at radius 1 is 1.06 bits per heavy atom. The van der Waals surface area contributed by atoms with Crippen molar-refractivity contribution in [1.29, 1.82) is 0 Å². The van der Waals surface area contributed by atoms with E-state index < -0.39 is 12.1 Å². The van der Waals surface area contributed by atoms with Crippen molar-refractivity contribution in [3.8, 4) is 17.2 Å². The predicted molar refractivity (Wildman–Crippen MR) is 117 cm³/mol. The van der Waals surface area contributed by atoms with Crippen LogP contribution in [0.5, 0.6) is 17.2 Å². The summed E-state index contributed by atoms with van der Waals surface area (Å²) in [6.45, 7) is 3.62. The molecule has 0 aliphatic carbocycles. The first-order valence-corrected chi connectivity index (χ1v) is 10.3. The second kappa shape index (κ2) is 9.73. The summed E-state index contributed by atoms with van der Waals surface area (Å²) in [5.41, 5.74) is 2.86. The smallest absolute Gasteiger partial charge is 0.306 e. The van der Waals surface area contributed by atoms with Gasteiger partial charge in [-0.3, -0.25) is 9.59 Å². The van der Waals surface area contributed by atoms with E-state index in [9.17, 15) is 9.59 Å². The van der Waals surface area contributed by atoms with E-state index in [1.165, 1.54) is 7.11 Å². The van der Waals surface area contributed by atoms with Gasteiger partial charge in [0.05, 0.1) is 21.3 Å². The van der Waals surface area contributed by atoms with Crippen LogP contribution in [-0.4, -0.2) is 45.4 Å². The number of carbonyl (C=O) groups excluding carboxylic acids is 2. The SMILES string of the molecule is COc1cc(CCC(=O)O[C@@H](C)C(=O)N2c3ccccc3C[C@@H]2C)cc(OC)c1OC. The van der Waals surface area contributed by atoms with Crippen molar-refractivity contribution in [2.24, 2.45) is 0 Å². The molecular formula is C24H29NO6. The van der Waals surface area contributed by atoms with Gasteiger partial charge in [-0.2, -0.15) is 0 Å². The molecule has 0 unspecified atom stereocenters. The normalized spacial score (nSPS) is 15.8. The summed E-state index contributed by atoms with van der Waals surface area (Å²) in [5, 5.41) is 0. The van der Waals surface area contributed by atoms with Crippen LogP contribution in [0.3, 0.4) is 0 Å². The monoisotopic (exact) mass is 427 g/mol. The maximum Gasteiger partial charge on any atom is 0.306 e. The maximum absolute atomic E-state index is 13.0. The fourth-order valence-corrected chi connectivity index (χ4v) is 3.93. The van der Waals surface area contributed by atoms with Crippen molar-refractivity contribution in [1.82, 2.24) is 0 Å². The van der Waals surface area contributed by atoms with Gasteiger partial charge >= 0.3 is 5.97 Å². The molecule has 2 aromatic rings. The number of carbonyl (C=O) groups is 2. The van der Waals surface area contributed by atoms with Crippen LogP contribution < -0.4 is 19.1 Å². The van der Waals surface area contributed by atoms with Crippen LogP contribution in [-0.2, 0) is 27.2 Å². The molecule has 31 heavy (non-hydrogen) atoms. The zero-order valence-electron chi connectivity index (χ0n) is 18.6. The Bertz CT molecular complexity index is 932. The quantitative estimate of drug-likeness (QED) is 0.600. The molecule has 0 fully saturated rings. The second-order valence-electron chi connectivity index (χ2n) is 7.56. The molecule has 2 aromatic carbocycles. The summed E-state index contributed by atoms with van der Waals surface area (Å²) < 4.78 is 21.5. The maximum atomic E-state index is 13.0. The van der Waals surface area contributed by atoms with Crippen molar-refractivity contribution in [3.63, 3.8) is 0 Å². The van der Waals surface area contributed by atoms with E-state index in [1.54, 1.807) is 38.2 Å². The highest BCUT2D eigenvalue weighted by Crippen LogP contribution is 2.38. The molecule has 7 nitrogen and oxygen atoms in total. The average Bonchev–Trinajstić information content (AvgIpc) is 3.11. The minimum absolute atomic E-state index is 0.0327. The number of benzene rings is 2. The van der Waals surface area contributed by atoms with Crippen LogP contribution >= 0.6 is 0 Å². The van der Waals surface area contributed by atoms with E-state index >= 15 is 0 Å². The first kappa shape index (κ1) is 22.5. The average molecular weight is 427 g/mol. The fraction of sp³-hybridized carbons (Fsp3) is 0.417. The molecule has 0 bridgehead atoms. The van der Waals surface area contributed by atoms with Crippen LogP contribution in [0, 0.1) is 0 Å². The molecule has 1 aliphatic rings. The van der Waals surface area contributed by atoms with Gasteiger partial charge in [0.25, 0.3) is 5.91 Å². The van der Waals surface area contributed by atoms with E-state index in [4.69, 9.17) is 18.9 Å². The molecule has 0 N–H and O–H groups in total. The van der Waals surface area contributed by atoms with Gasteiger partial charge in [-0.25, -0.2) is 0 Å². The molecule has 0 spiro atoms. The molecule has 1 amide bonds. The van der Waals surface area contributed by atoms with Gasteiger partial charge in [0.1, 0.15) is 0 Å². The molecule has 3 rings (SSSR count). The lowest BCUT2D eigenvalue weighted by atomic mass is 10.1. The summed E-state index contributed by atoms with van der Waals surface area (Å²) in [5.74, 6) is 0.898. The van der Waals surface area contributed by atoms with Gasteiger partial charge in [0.2, 0.25) is 5.75 Å². The number of methoxy groups -OCH3 is 3. The van der Waals surface area contributed by atoms with E-state index in [1.807, 2.05) is 31.2 Å². The van der Waals surface area contributed by atoms with Gasteiger partial charge < -0.3 is 23.8 Å². The Balaban J connectivity index is 1.62. The Morgan fingerprint density at radius 2 is 1.71 bits per heavy atom. The number of anilines is 1. The second-order valence-corrected chi connectivity index (χ2v) is 7.56. The van der Waals surface area contributed by atoms with Gasteiger partial charge in [-0.1, -0.05) is 18.2 Å². The van der Waals surface area contributed by atoms with Crippen molar-refractivity contribution < 1.29 is 28.5 Å². The lowest BCUT2D eigenvalue weighted by Gasteiger charge is -2.26. The summed E-state index contributed by atoms with van der Waals surface area (Å²) in [4.78, 5) is 27.1. The number of aryl methyl sites for hydroxylation is 1. The third-order valence-corrected chi connectivity index (χ3v) is 5.44. The zero-order valence-corrected chi connectivity index (χ0v) is 18.6. The van der Waals surface area contributed by atoms with Crippen molar-refractivity contribution in [2.45, 2.75) is 45.3 Å². The lowest BCUT2D eigenvalue weighted by molar-refractivity contribution is -0.154. The summed E-state index contributed by atoms with van der Waals surface area (Å²) in [7, 11) is 4.62. The van der Waals surface area contributed by atoms with Crippen molar-refractivity contribution in [3.05, 3.63) is 47.5 Å². The zero-order chi connectivity index (χ0) is 22.5. The minimum atomic E-state index is -0.860. The molecule has 0 radical (unpaired) electrons. The molecule has 0 saturated heterocycles. The minimum Gasteiger partial charge on any atom is -0.493 e. The van der Waals surface area contributed by atoms with Crippen LogP contribution in [0.1, 0.15) is 31.4 Å². The predicted octanol–water partition coefficient (Wildman–Crippen LogP) is 3.55. The summed E-state index contributed by atoms with van der Waals surface area (Å²) >= 11 is 0. The fourth-order valence-electron chi connectivity index (χ4n) is 3.93. The van der Waals surface area contributed by atoms with E-state index in [0.29, 0.717) is 23.7 Å². The number of amides is 1. The standard InChI is InChI=1S/C24H29NO6/c1-15-12-18-8-6-7-9-19(18)25(15)24(27)16(2)31-22(26)11-10-17-13-20(28-3)23(30-5)21(14-17)29-4/h6-9,13-16H,10-12H2,1-5H3/t15-,16-/m0/s1. The summed E-state index contributed by atoms with van der Waals surface area (Å²) in [6.07, 6.45) is 0.479. The van der Waals surface area contributed by atoms with E-state index in [0.717, 1.165) is 23.2 Å². The Kier molecular flexibility index (Phi) is 7.05. The van der Waals surface area contributed by atoms with E-state index in [-0.39, 0.29) is 18.4 Å². The number of hydrogen-bond donors (Lipinski definition) is 0. The van der Waals surface area contributed by atoms with E-state index in [2.05, 4.69) is 0 Å². The molecule has 166 valence electrons. The number of esters is 1. The molecular weight excluding hydrogens is 398 g/mol. The van der Waals surface area contributed by atoms with Crippen LogP contribution in [0.15, 0.2) is 36.4 Å². The number of ether oxygens (including phenoxy) is 4. The number of rotatable bonds is 8. The summed E-state index contributed by atoms with van der Waals surface area (Å²) in [6, 6.07) is 11.4. The lowest BCUT2D eigenvalue weighted by Crippen LogP contribution is -2.43. The van der Waals surface area contributed by atoms with Crippen LogP contribution in [0.2, 0.25) is 0 Å². The number of hydrogen-bond acceptors (Lipinski definition) is 6. The molecule has 1 heterocycles. The first-order valence-electron chi connectivity index (χ1n) is 10.3. The van der Waals surface area contributed by atoms with Crippen molar-refractivity contribution >= 4 is 17.6 Å². The Morgan fingerprint density at radius 3 is 2.32 bits per heavy atom. The highest BCUT2D eigenvalue weighted by molar-refractivity contribution is 5.99. The van der Waals surface area contributed by atoms with Crippen molar-refractivity contribution in [2.75, 3.05) is 26.2 Å². The van der Waals surface area contributed by atoms with Gasteiger partial charge in [-0.05, 0) is 56.0 Å². The molecule has 2 atom stereocenters. The highest BCUT2D eigenvalue weighted by Gasteiger charge is 2.34. The third kappa shape index (κ3) is 4.76. The Labute approximate surface area is 182 Å². The topological polar surface area (TPSA) is 74.3 Å². The number of para-hydroxylation sites is 1. The van der Waals surface area contributed by atoms with Gasteiger partial charge in [-0.15, -0.1) is 0 Å². The van der Waals surface area contributed by atoms with Crippen LogP contribution in [0.4, 0.5) is 5.69 Å². The molecule has 0 aromatic heterocycles. The third-order valence-electron chi connectivity index (χ3n) is 5.44. The number of fused-ring (bicyclic) bond motifs is 1. The van der Waals surface area contributed by atoms with Gasteiger partial charge in [0, 0.05) is 18.2 Å². The number of nitrogens with zero attached hydrogens (tertiary/aromatic N) is 1. The first-order chi connectivity index (χ1) is 14.9.